The summed E-state index contributed by atoms with van der Waals surface area (Å²) in [5.74, 6) is -1.30. The minimum absolute atomic E-state index is 0.0640. The summed E-state index contributed by atoms with van der Waals surface area (Å²) in [7, 11) is 0. The van der Waals surface area contributed by atoms with Crippen molar-refractivity contribution in [2.24, 2.45) is 0 Å². The van der Waals surface area contributed by atoms with Crippen LogP contribution in [0.15, 0.2) is 103 Å². The van der Waals surface area contributed by atoms with Crippen LogP contribution in [0.4, 0.5) is 23.2 Å². The summed E-state index contributed by atoms with van der Waals surface area (Å²) in [6.07, 6.45) is -3.56. The van der Waals surface area contributed by atoms with Crippen molar-refractivity contribution in [3.05, 3.63) is 137 Å². The predicted octanol–water partition coefficient (Wildman–Crippen LogP) is 7.60. The van der Waals surface area contributed by atoms with Crippen molar-refractivity contribution in [2.75, 3.05) is 5.32 Å². The maximum absolute atomic E-state index is 13.7. The molecule has 2 atom stereocenters. The van der Waals surface area contributed by atoms with Gasteiger partial charge in [-0.2, -0.15) is 17.6 Å². The third-order valence-electron chi connectivity index (χ3n) is 7.65. The minimum atomic E-state index is -4.70. The van der Waals surface area contributed by atoms with Crippen molar-refractivity contribution in [1.82, 2.24) is 5.32 Å². The standard InChI is InChI=1S/C36H32F4N2O4/c37-35(38)36(39,40)46-28-14-7-9-23(21-28)22-31(42-34(45)30-16-8-11-24-10-3-1-6-15-29(24)30)32(43)25-17-19-26(20-18-25)33(44)41-27-12-4-2-5-13-27/h2,4-9,11-21,31-32,35,43H,1,3,10,22H2,(H,41,44)(H,42,45). The topological polar surface area (TPSA) is 87.7 Å². The van der Waals surface area contributed by atoms with Crippen LogP contribution in [-0.4, -0.2) is 35.5 Å². The van der Waals surface area contributed by atoms with Crippen molar-refractivity contribution in [2.45, 2.75) is 50.4 Å². The normalized spacial score (nSPS) is 14.1. The van der Waals surface area contributed by atoms with Crippen molar-refractivity contribution >= 4 is 23.6 Å². The number of anilines is 1. The lowest BCUT2D eigenvalue weighted by atomic mass is 9.94. The summed E-state index contributed by atoms with van der Waals surface area (Å²) >= 11 is 0. The molecule has 0 saturated carbocycles. The van der Waals surface area contributed by atoms with Crippen LogP contribution in [0.1, 0.15) is 61.9 Å². The van der Waals surface area contributed by atoms with Crippen LogP contribution in [0.3, 0.4) is 0 Å². The molecule has 238 valence electrons. The molecule has 4 aromatic carbocycles. The molecule has 1 aliphatic carbocycles. The van der Waals surface area contributed by atoms with Crippen molar-refractivity contribution < 1.29 is 37.0 Å². The largest absolute Gasteiger partial charge is 0.461 e. The van der Waals surface area contributed by atoms with Gasteiger partial charge in [0.1, 0.15) is 5.75 Å². The van der Waals surface area contributed by atoms with Gasteiger partial charge in [0.05, 0.1) is 12.1 Å². The number of fused-ring (bicyclic) bond motifs is 1. The number of rotatable bonds is 11. The van der Waals surface area contributed by atoms with Crippen molar-refractivity contribution in [3.8, 4) is 5.75 Å². The molecule has 0 bridgehead atoms. The van der Waals surface area contributed by atoms with Gasteiger partial charge in [0.15, 0.2) is 0 Å². The van der Waals surface area contributed by atoms with E-state index in [2.05, 4.69) is 15.4 Å². The van der Waals surface area contributed by atoms with Gasteiger partial charge in [-0.1, -0.05) is 66.7 Å². The summed E-state index contributed by atoms with van der Waals surface area (Å²) in [6.45, 7) is 0. The van der Waals surface area contributed by atoms with E-state index in [9.17, 15) is 32.3 Å². The minimum Gasteiger partial charge on any atom is -0.428 e. The molecule has 1 aliphatic rings. The molecule has 3 N–H and O–H groups in total. The van der Waals surface area contributed by atoms with E-state index in [4.69, 9.17) is 0 Å². The van der Waals surface area contributed by atoms with E-state index in [1.54, 1.807) is 66.7 Å². The van der Waals surface area contributed by atoms with E-state index in [0.717, 1.165) is 42.5 Å². The highest BCUT2D eigenvalue weighted by atomic mass is 19.3. The van der Waals surface area contributed by atoms with Gasteiger partial charge in [-0.05, 0) is 90.4 Å². The lowest BCUT2D eigenvalue weighted by Gasteiger charge is -2.26. The molecule has 6 nitrogen and oxygen atoms in total. The molecule has 2 unspecified atom stereocenters. The molecule has 4 aromatic rings. The molecule has 0 saturated heterocycles. The average Bonchev–Trinajstić information content (AvgIpc) is 3.30. The Balaban J connectivity index is 1.41. The Morgan fingerprint density at radius 2 is 1.63 bits per heavy atom. The highest BCUT2D eigenvalue weighted by Gasteiger charge is 2.44. The zero-order valence-electron chi connectivity index (χ0n) is 24.6. The second kappa shape index (κ2) is 14.4. The van der Waals surface area contributed by atoms with E-state index in [0.29, 0.717) is 27.9 Å². The fraction of sp³-hybridized carbons (Fsp3) is 0.222. The molecule has 10 heteroatoms. The number of carbonyl (C=O) groups excluding carboxylic acids is 2. The number of para-hydroxylation sites is 1. The number of alkyl halides is 4. The molecule has 0 radical (unpaired) electrons. The maximum Gasteiger partial charge on any atom is 0.461 e. The first-order valence-corrected chi connectivity index (χ1v) is 14.8. The van der Waals surface area contributed by atoms with Gasteiger partial charge >= 0.3 is 12.5 Å². The first kappa shape index (κ1) is 32.4. The quantitative estimate of drug-likeness (QED) is 0.149. The number of aryl methyl sites for hydroxylation is 1. The molecule has 0 aromatic heterocycles. The third-order valence-corrected chi connectivity index (χ3v) is 7.65. The Morgan fingerprint density at radius 1 is 0.891 bits per heavy atom. The number of halogens is 4. The van der Waals surface area contributed by atoms with Crippen LogP contribution < -0.4 is 15.4 Å². The maximum atomic E-state index is 13.7. The average molecular weight is 633 g/mol. The molecule has 46 heavy (non-hydrogen) atoms. The lowest BCUT2D eigenvalue weighted by Crippen LogP contribution is -2.41. The predicted molar refractivity (Wildman–Crippen MR) is 167 cm³/mol. The van der Waals surface area contributed by atoms with Gasteiger partial charge in [-0.25, -0.2) is 0 Å². The fourth-order valence-corrected chi connectivity index (χ4v) is 5.31. The number of hydrogen-bond donors (Lipinski definition) is 3. The Bertz CT molecular complexity index is 1690. The summed E-state index contributed by atoms with van der Waals surface area (Å²) in [5, 5.41) is 17.2. The summed E-state index contributed by atoms with van der Waals surface area (Å²) < 4.78 is 57.0. The Labute approximate surface area is 263 Å². The van der Waals surface area contributed by atoms with E-state index in [-0.39, 0.29) is 12.3 Å². The van der Waals surface area contributed by atoms with Gasteiger partial charge < -0.3 is 20.5 Å². The van der Waals surface area contributed by atoms with E-state index in [1.165, 1.54) is 6.07 Å². The fourth-order valence-electron chi connectivity index (χ4n) is 5.31. The monoisotopic (exact) mass is 632 g/mol. The molecule has 0 aliphatic heterocycles. The number of aliphatic hydroxyl groups is 1. The van der Waals surface area contributed by atoms with Crippen LogP contribution >= 0.6 is 0 Å². The Hall–Kier alpha value is -4.96. The van der Waals surface area contributed by atoms with E-state index < -0.39 is 36.3 Å². The number of amides is 2. The highest BCUT2D eigenvalue weighted by molar-refractivity contribution is 6.04. The van der Waals surface area contributed by atoms with Crippen LogP contribution in [-0.2, 0) is 12.8 Å². The summed E-state index contributed by atoms with van der Waals surface area (Å²) in [6, 6.07) is 24.7. The van der Waals surface area contributed by atoms with Crippen molar-refractivity contribution in [3.63, 3.8) is 0 Å². The lowest BCUT2D eigenvalue weighted by molar-refractivity contribution is -0.253. The summed E-state index contributed by atoms with van der Waals surface area (Å²) in [5.41, 5.74) is 3.89. The van der Waals surface area contributed by atoms with Crippen LogP contribution in [0.2, 0.25) is 0 Å². The molecule has 0 fully saturated rings. The molecule has 2 amide bonds. The SMILES string of the molecule is O=C(Nc1ccccc1)c1ccc(C(O)C(Cc2cccc(OC(F)(F)C(F)F)c2)NC(=O)c2cccc3c2C=CCCC3)cc1. The number of carbonyl (C=O) groups is 2. The first-order valence-electron chi connectivity index (χ1n) is 14.8. The third kappa shape index (κ3) is 8.00. The zero-order chi connectivity index (χ0) is 32.7. The number of ether oxygens (including phenoxy) is 1. The van der Waals surface area contributed by atoms with Gasteiger partial charge in [0, 0.05) is 16.8 Å². The molecule has 0 heterocycles. The smallest absolute Gasteiger partial charge is 0.428 e. The molecule has 0 spiro atoms. The Kier molecular flexibility index (Phi) is 10.2. The Morgan fingerprint density at radius 3 is 2.37 bits per heavy atom. The van der Waals surface area contributed by atoms with Gasteiger partial charge in [-0.3, -0.25) is 9.59 Å². The van der Waals surface area contributed by atoms with Gasteiger partial charge in [0.2, 0.25) is 0 Å². The number of benzene rings is 4. The highest BCUT2D eigenvalue weighted by Crippen LogP contribution is 2.30. The number of hydrogen-bond acceptors (Lipinski definition) is 4. The van der Waals surface area contributed by atoms with Gasteiger partial charge in [0.25, 0.3) is 11.8 Å². The zero-order valence-corrected chi connectivity index (χ0v) is 24.6. The number of nitrogens with one attached hydrogen (secondary N) is 2. The van der Waals surface area contributed by atoms with E-state index >= 15 is 0 Å². The van der Waals surface area contributed by atoms with E-state index in [1.807, 2.05) is 24.3 Å². The second-order valence-corrected chi connectivity index (χ2v) is 11.0. The number of allylic oxidation sites excluding steroid dienone is 1. The van der Waals surface area contributed by atoms with Gasteiger partial charge in [-0.15, -0.1) is 0 Å². The summed E-state index contributed by atoms with van der Waals surface area (Å²) in [4.78, 5) is 26.4. The molecule has 5 rings (SSSR count). The second-order valence-electron chi connectivity index (χ2n) is 11.0. The van der Waals surface area contributed by atoms with Crippen LogP contribution in [0, 0.1) is 0 Å². The first-order chi connectivity index (χ1) is 22.1. The molecular formula is C36H32F4N2O4. The van der Waals surface area contributed by atoms with Crippen molar-refractivity contribution in [1.29, 1.82) is 0 Å². The van der Waals surface area contributed by atoms with Crippen LogP contribution in [0.5, 0.6) is 5.75 Å². The number of aliphatic hydroxyl groups excluding tert-OH is 1. The van der Waals surface area contributed by atoms with Crippen LogP contribution in [0.25, 0.3) is 6.08 Å². The molecular weight excluding hydrogens is 600 g/mol.